The quantitative estimate of drug-likeness (QED) is 0.876. The van der Waals surface area contributed by atoms with Gasteiger partial charge < -0.3 is 5.73 Å². The van der Waals surface area contributed by atoms with E-state index in [1.807, 2.05) is 24.8 Å². The molecule has 0 aliphatic heterocycles. The Kier molecular flexibility index (Phi) is 4.74. The summed E-state index contributed by atoms with van der Waals surface area (Å²) in [6, 6.07) is 2.01. The van der Waals surface area contributed by atoms with Gasteiger partial charge in [0.15, 0.2) is 0 Å². The molecule has 0 saturated heterocycles. The zero-order valence-corrected chi connectivity index (χ0v) is 11.4. The van der Waals surface area contributed by atoms with Crippen LogP contribution in [0, 0.1) is 6.92 Å². The summed E-state index contributed by atoms with van der Waals surface area (Å²) < 4.78 is 0.251. The number of thioether (sulfide) groups is 1. The second-order valence-corrected chi connectivity index (χ2v) is 6.66. The monoisotopic (exact) mass is 239 g/mol. The summed E-state index contributed by atoms with van der Waals surface area (Å²) in [5.74, 6) is 1.78. The highest BCUT2D eigenvalue weighted by Crippen LogP contribution is 2.26. The fraction of sp³-hybridized carbons (Fsp3) is 0.667. The molecule has 3 nitrogen and oxygen atoms in total. The van der Waals surface area contributed by atoms with Crippen LogP contribution in [0.5, 0.6) is 0 Å². The van der Waals surface area contributed by atoms with Gasteiger partial charge in [0, 0.05) is 22.6 Å². The average molecular weight is 239 g/mol. The molecule has 0 unspecified atom stereocenters. The van der Waals surface area contributed by atoms with E-state index in [4.69, 9.17) is 5.73 Å². The molecule has 0 fully saturated rings. The van der Waals surface area contributed by atoms with Crippen LogP contribution in [0.1, 0.15) is 38.0 Å². The molecule has 2 N–H and O–H groups in total. The second kappa shape index (κ2) is 5.64. The predicted octanol–water partition coefficient (Wildman–Crippen LogP) is 2.32. The highest BCUT2D eigenvalue weighted by atomic mass is 32.2. The van der Waals surface area contributed by atoms with E-state index in [0.717, 1.165) is 29.4 Å². The van der Waals surface area contributed by atoms with Gasteiger partial charge in [-0.2, -0.15) is 0 Å². The molecule has 0 aliphatic carbocycles. The van der Waals surface area contributed by atoms with Crippen molar-refractivity contribution >= 4 is 11.8 Å². The van der Waals surface area contributed by atoms with E-state index >= 15 is 0 Å². The molecule has 0 atom stereocenters. The van der Waals surface area contributed by atoms with Crippen LogP contribution in [0.25, 0.3) is 0 Å². The molecule has 4 heteroatoms. The molecule has 90 valence electrons. The third kappa shape index (κ3) is 4.94. The first-order chi connectivity index (χ1) is 7.40. The van der Waals surface area contributed by atoms with Crippen molar-refractivity contribution in [1.29, 1.82) is 0 Å². The van der Waals surface area contributed by atoms with Crippen LogP contribution in [-0.4, -0.2) is 21.3 Å². The Morgan fingerprint density at radius 3 is 2.56 bits per heavy atom. The summed E-state index contributed by atoms with van der Waals surface area (Å²) in [5, 5.41) is 0. The first-order valence-corrected chi connectivity index (χ1v) is 6.57. The molecule has 1 aromatic heterocycles. The molecule has 0 radical (unpaired) electrons. The zero-order valence-electron chi connectivity index (χ0n) is 10.6. The number of aromatic nitrogens is 2. The number of hydrogen-bond donors (Lipinski definition) is 1. The minimum atomic E-state index is 0.251. The van der Waals surface area contributed by atoms with Gasteiger partial charge in [0.2, 0.25) is 0 Å². The Morgan fingerprint density at radius 1 is 1.31 bits per heavy atom. The van der Waals surface area contributed by atoms with E-state index in [1.165, 1.54) is 0 Å². The average Bonchev–Trinajstić information content (AvgIpc) is 2.13. The molecular weight excluding hydrogens is 218 g/mol. The Balaban J connectivity index is 2.72. The van der Waals surface area contributed by atoms with E-state index in [0.29, 0.717) is 6.54 Å². The summed E-state index contributed by atoms with van der Waals surface area (Å²) in [6.07, 6.45) is 0.830. The Morgan fingerprint density at radius 2 is 2.00 bits per heavy atom. The van der Waals surface area contributed by atoms with Gasteiger partial charge in [-0.3, -0.25) is 0 Å². The first kappa shape index (κ1) is 13.5. The second-order valence-electron chi connectivity index (χ2n) is 4.86. The number of rotatable bonds is 4. The topological polar surface area (TPSA) is 51.8 Å². The van der Waals surface area contributed by atoms with Crippen LogP contribution < -0.4 is 5.73 Å². The van der Waals surface area contributed by atoms with Gasteiger partial charge in [-0.25, -0.2) is 9.97 Å². The highest BCUT2D eigenvalue weighted by molar-refractivity contribution is 7.99. The molecule has 0 amide bonds. The fourth-order valence-corrected chi connectivity index (χ4v) is 2.01. The van der Waals surface area contributed by atoms with Crippen molar-refractivity contribution in [2.45, 2.75) is 44.6 Å². The molecular formula is C12H21N3S. The molecule has 0 saturated carbocycles. The van der Waals surface area contributed by atoms with Crippen LogP contribution in [0.2, 0.25) is 0 Å². The number of aryl methyl sites for hydroxylation is 1. The van der Waals surface area contributed by atoms with Gasteiger partial charge in [-0.1, -0.05) is 20.8 Å². The van der Waals surface area contributed by atoms with E-state index in [2.05, 4.69) is 30.7 Å². The maximum absolute atomic E-state index is 5.54. The summed E-state index contributed by atoms with van der Waals surface area (Å²) in [4.78, 5) is 8.96. The van der Waals surface area contributed by atoms with Crippen LogP contribution in [0.3, 0.4) is 0 Å². The maximum atomic E-state index is 5.54. The van der Waals surface area contributed by atoms with Gasteiger partial charge in [-0.05, 0) is 19.5 Å². The first-order valence-electron chi connectivity index (χ1n) is 5.58. The molecule has 1 heterocycles. The Hall–Kier alpha value is -0.610. The van der Waals surface area contributed by atoms with E-state index in [-0.39, 0.29) is 4.75 Å². The minimum Gasteiger partial charge on any atom is -0.330 e. The normalized spacial score (nSPS) is 11.8. The molecule has 0 bridgehead atoms. The largest absolute Gasteiger partial charge is 0.330 e. The lowest BCUT2D eigenvalue weighted by Crippen LogP contribution is -2.11. The van der Waals surface area contributed by atoms with E-state index in [1.54, 1.807) is 0 Å². The van der Waals surface area contributed by atoms with Gasteiger partial charge in [-0.15, -0.1) is 11.8 Å². The van der Waals surface area contributed by atoms with Crippen molar-refractivity contribution in [1.82, 2.24) is 9.97 Å². The van der Waals surface area contributed by atoms with Gasteiger partial charge in [0.1, 0.15) is 5.82 Å². The van der Waals surface area contributed by atoms with Crippen molar-refractivity contribution in [2.75, 3.05) is 6.54 Å². The smallest absolute Gasteiger partial charge is 0.138 e. The van der Waals surface area contributed by atoms with Crippen LogP contribution in [0.15, 0.2) is 6.07 Å². The SMILES string of the molecule is Cc1cc(CCN)nc(CSC(C)(C)C)n1. The van der Waals surface area contributed by atoms with Gasteiger partial charge >= 0.3 is 0 Å². The van der Waals surface area contributed by atoms with Crippen LogP contribution >= 0.6 is 11.8 Å². The maximum Gasteiger partial charge on any atom is 0.138 e. The number of nitrogens with two attached hydrogens (primary N) is 1. The van der Waals surface area contributed by atoms with Gasteiger partial charge in [0.05, 0.1) is 5.75 Å². The highest BCUT2D eigenvalue weighted by Gasteiger charge is 2.12. The third-order valence-corrected chi connectivity index (χ3v) is 3.26. The third-order valence-electron chi connectivity index (χ3n) is 1.99. The number of nitrogens with zero attached hydrogens (tertiary/aromatic N) is 2. The summed E-state index contributed by atoms with van der Waals surface area (Å²) in [5.41, 5.74) is 7.62. The standard InChI is InChI=1S/C12H21N3S/c1-9-7-10(5-6-13)15-11(14-9)8-16-12(2,3)4/h7H,5-6,8,13H2,1-4H3. The van der Waals surface area contributed by atoms with Crippen molar-refractivity contribution in [2.24, 2.45) is 5.73 Å². The minimum absolute atomic E-state index is 0.251. The van der Waals surface area contributed by atoms with Crippen molar-refractivity contribution < 1.29 is 0 Å². The number of hydrogen-bond acceptors (Lipinski definition) is 4. The van der Waals surface area contributed by atoms with Gasteiger partial charge in [0.25, 0.3) is 0 Å². The molecule has 1 rings (SSSR count). The van der Waals surface area contributed by atoms with E-state index < -0.39 is 0 Å². The summed E-state index contributed by atoms with van der Waals surface area (Å²) in [6.45, 7) is 9.26. The molecule has 16 heavy (non-hydrogen) atoms. The molecule has 1 aromatic rings. The van der Waals surface area contributed by atoms with Crippen LogP contribution in [0.4, 0.5) is 0 Å². The molecule has 0 aromatic carbocycles. The molecule has 0 aliphatic rings. The summed E-state index contributed by atoms with van der Waals surface area (Å²) >= 11 is 1.87. The zero-order chi connectivity index (χ0) is 12.2. The van der Waals surface area contributed by atoms with Crippen molar-refractivity contribution in [3.8, 4) is 0 Å². The fourth-order valence-electron chi connectivity index (χ4n) is 1.32. The van der Waals surface area contributed by atoms with Crippen molar-refractivity contribution in [3.05, 3.63) is 23.3 Å². The van der Waals surface area contributed by atoms with Crippen LogP contribution in [-0.2, 0) is 12.2 Å². The molecule has 0 spiro atoms. The lowest BCUT2D eigenvalue weighted by molar-refractivity contribution is 0.797. The van der Waals surface area contributed by atoms with E-state index in [9.17, 15) is 0 Å². The lowest BCUT2D eigenvalue weighted by Gasteiger charge is -2.17. The Bertz CT molecular complexity index is 345. The lowest BCUT2D eigenvalue weighted by atomic mass is 10.2. The van der Waals surface area contributed by atoms with Crippen molar-refractivity contribution in [3.63, 3.8) is 0 Å². The Labute approximate surface area is 102 Å². The predicted molar refractivity (Wildman–Crippen MR) is 70.6 cm³/mol. The summed E-state index contributed by atoms with van der Waals surface area (Å²) in [7, 11) is 0.